The van der Waals surface area contributed by atoms with Crippen LogP contribution in [0.25, 0.3) is 16.9 Å². The van der Waals surface area contributed by atoms with Gasteiger partial charge in [0.15, 0.2) is 0 Å². The molecule has 0 atom stereocenters. The van der Waals surface area contributed by atoms with Crippen LogP contribution in [0.15, 0.2) is 73.1 Å². The largest absolute Gasteiger partial charge is 0.323 e. The van der Waals surface area contributed by atoms with E-state index in [2.05, 4.69) is 15.6 Å². The smallest absolute Gasteiger partial charge is 0.308 e. The zero-order valence-corrected chi connectivity index (χ0v) is 15.2. The van der Waals surface area contributed by atoms with Gasteiger partial charge in [0.05, 0.1) is 5.69 Å². The van der Waals surface area contributed by atoms with Crippen molar-refractivity contribution in [3.05, 3.63) is 84.2 Å². The number of aryl methyl sites for hydroxylation is 2. The van der Waals surface area contributed by atoms with Crippen molar-refractivity contribution in [2.45, 2.75) is 13.8 Å². The van der Waals surface area contributed by atoms with Gasteiger partial charge in [-0.05, 0) is 49.7 Å². The van der Waals surface area contributed by atoms with Crippen molar-refractivity contribution in [1.29, 1.82) is 0 Å². The average molecular weight is 356 g/mol. The lowest BCUT2D eigenvalue weighted by atomic mass is 10.1. The molecule has 0 aliphatic carbocycles. The van der Waals surface area contributed by atoms with Crippen LogP contribution in [0.3, 0.4) is 0 Å². The molecule has 2 aromatic heterocycles. The number of nitrogens with zero attached hydrogens (tertiary/aromatic N) is 2. The molecule has 0 fully saturated rings. The number of hydrogen-bond donors (Lipinski definition) is 2. The molecule has 0 bridgehead atoms. The summed E-state index contributed by atoms with van der Waals surface area (Å²) in [4.78, 5) is 17.0. The van der Waals surface area contributed by atoms with Gasteiger partial charge in [0, 0.05) is 29.3 Å². The first kappa shape index (κ1) is 16.8. The number of imidazole rings is 1. The summed E-state index contributed by atoms with van der Waals surface area (Å²) >= 11 is 0. The number of fused-ring (bicyclic) bond motifs is 1. The summed E-state index contributed by atoms with van der Waals surface area (Å²) in [7, 11) is 0. The number of rotatable bonds is 3. The standard InChI is InChI=1S/C22H20N4O/c1-15-9-10-19(16(2)12-15)25-22(27)23-18-7-5-6-17(13-18)20-14-26-11-4-3-8-21(26)24-20/h3-14H,1-2H3,(H2,23,25,27). The minimum Gasteiger partial charge on any atom is -0.308 e. The number of aromatic nitrogens is 2. The number of pyridine rings is 1. The molecule has 4 rings (SSSR count). The predicted octanol–water partition coefficient (Wildman–Crippen LogP) is 5.26. The van der Waals surface area contributed by atoms with Gasteiger partial charge in [-0.1, -0.05) is 35.9 Å². The molecule has 2 aromatic carbocycles. The second-order valence-corrected chi connectivity index (χ2v) is 6.57. The summed E-state index contributed by atoms with van der Waals surface area (Å²) in [5, 5.41) is 5.79. The number of carbonyl (C=O) groups is 1. The predicted molar refractivity (Wildman–Crippen MR) is 109 cm³/mol. The lowest BCUT2D eigenvalue weighted by molar-refractivity contribution is 0.262. The van der Waals surface area contributed by atoms with E-state index in [0.29, 0.717) is 5.69 Å². The van der Waals surface area contributed by atoms with Crippen LogP contribution in [0, 0.1) is 13.8 Å². The van der Waals surface area contributed by atoms with Gasteiger partial charge in [0.2, 0.25) is 0 Å². The van der Waals surface area contributed by atoms with Crippen molar-refractivity contribution in [2.24, 2.45) is 0 Å². The molecule has 0 spiro atoms. The fourth-order valence-electron chi connectivity index (χ4n) is 3.07. The highest BCUT2D eigenvalue weighted by Crippen LogP contribution is 2.23. The third-order valence-electron chi connectivity index (χ3n) is 4.41. The minimum atomic E-state index is -0.269. The molecule has 4 aromatic rings. The van der Waals surface area contributed by atoms with E-state index in [0.717, 1.165) is 28.2 Å². The lowest BCUT2D eigenvalue weighted by Crippen LogP contribution is -2.20. The molecule has 0 saturated heterocycles. The van der Waals surface area contributed by atoms with E-state index in [1.807, 2.05) is 91.3 Å². The number of hydrogen-bond acceptors (Lipinski definition) is 2. The molecule has 5 nitrogen and oxygen atoms in total. The average Bonchev–Trinajstić information content (AvgIpc) is 3.08. The maximum Gasteiger partial charge on any atom is 0.323 e. The van der Waals surface area contributed by atoms with Crippen molar-refractivity contribution < 1.29 is 4.79 Å². The maximum atomic E-state index is 12.4. The number of carbonyl (C=O) groups excluding carboxylic acids is 1. The Morgan fingerprint density at radius 1 is 0.963 bits per heavy atom. The van der Waals surface area contributed by atoms with Crippen molar-refractivity contribution >= 4 is 23.1 Å². The number of amides is 2. The van der Waals surface area contributed by atoms with Crippen LogP contribution in [-0.4, -0.2) is 15.4 Å². The molecule has 2 heterocycles. The minimum absolute atomic E-state index is 0.269. The van der Waals surface area contributed by atoms with E-state index in [1.165, 1.54) is 5.56 Å². The SMILES string of the molecule is Cc1ccc(NC(=O)Nc2cccc(-c3cn4ccccc4n3)c2)c(C)c1. The van der Waals surface area contributed by atoms with E-state index in [1.54, 1.807) is 0 Å². The fraction of sp³-hybridized carbons (Fsp3) is 0.0909. The van der Waals surface area contributed by atoms with E-state index < -0.39 is 0 Å². The molecule has 5 heteroatoms. The fourth-order valence-corrected chi connectivity index (χ4v) is 3.07. The van der Waals surface area contributed by atoms with Gasteiger partial charge in [0.1, 0.15) is 5.65 Å². The topological polar surface area (TPSA) is 58.4 Å². The maximum absolute atomic E-state index is 12.4. The molecule has 134 valence electrons. The number of benzene rings is 2. The van der Waals surface area contributed by atoms with Gasteiger partial charge >= 0.3 is 6.03 Å². The van der Waals surface area contributed by atoms with Crippen molar-refractivity contribution in [1.82, 2.24) is 9.38 Å². The second kappa shape index (κ2) is 6.96. The first-order valence-electron chi connectivity index (χ1n) is 8.78. The Morgan fingerprint density at radius 2 is 1.85 bits per heavy atom. The molecule has 27 heavy (non-hydrogen) atoms. The third kappa shape index (κ3) is 3.67. The molecule has 2 N–H and O–H groups in total. The quantitative estimate of drug-likeness (QED) is 0.526. The third-order valence-corrected chi connectivity index (χ3v) is 4.41. The summed E-state index contributed by atoms with van der Waals surface area (Å²) in [6.07, 6.45) is 3.94. The molecule has 2 amide bonds. The van der Waals surface area contributed by atoms with E-state index in [9.17, 15) is 4.79 Å². The Bertz CT molecular complexity index is 1100. The Morgan fingerprint density at radius 3 is 2.67 bits per heavy atom. The molecule has 0 aliphatic heterocycles. The monoisotopic (exact) mass is 356 g/mol. The van der Waals surface area contributed by atoms with E-state index in [4.69, 9.17) is 0 Å². The summed E-state index contributed by atoms with van der Waals surface area (Å²) in [6, 6.07) is 19.2. The molecule has 0 aliphatic rings. The summed E-state index contributed by atoms with van der Waals surface area (Å²) < 4.78 is 1.97. The molecule has 0 saturated carbocycles. The van der Waals surface area contributed by atoms with E-state index >= 15 is 0 Å². The van der Waals surface area contributed by atoms with Crippen molar-refractivity contribution in [3.8, 4) is 11.3 Å². The Hall–Kier alpha value is -3.60. The number of nitrogens with one attached hydrogen (secondary N) is 2. The van der Waals surface area contributed by atoms with Crippen LogP contribution < -0.4 is 10.6 Å². The van der Waals surface area contributed by atoms with Gasteiger partial charge in [-0.15, -0.1) is 0 Å². The zero-order chi connectivity index (χ0) is 18.8. The summed E-state index contributed by atoms with van der Waals surface area (Å²) in [6.45, 7) is 4.01. The second-order valence-electron chi connectivity index (χ2n) is 6.57. The first-order chi connectivity index (χ1) is 13.1. The van der Waals surface area contributed by atoms with Crippen LogP contribution in [0.4, 0.5) is 16.2 Å². The normalized spacial score (nSPS) is 10.7. The van der Waals surface area contributed by atoms with Crippen LogP contribution >= 0.6 is 0 Å². The number of anilines is 2. The Labute approximate surface area is 157 Å². The van der Waals surface area contributed by atoms with Crippen LogP contribution in [0.2, 0.25) is 0 Å². The highest BCUT2D eigenvalue weighted by molar-refractivity contribution is 6.00. The van der Waals surface area contributed by atoms with Gasteiger partial charge in [0.25, 0.3) is 0 Å². The molecule has 0 unspecified atom stereocenters. The highest BCUT2D eigenvalue weighted by atomic mass is 16.2. The molecular weight excluding hydrogens is 336 g/mol. The van der Waals surface area contributed by atoms with E-state index in [-0.39, 0.29) is 6.03 Å². The number of urea groups is 1. The lowest BCUT2D eigenvalue weighted by Gasteiger charge is -2.11. The highest BCUT2D eigenvalue weighted by Gasteiger charge is 2.08. The van der Waals surface area contributed by atoms with Crippen LogP contribution in [0.5, 0.6) is 0 Å². The molecule has 0 radical (unpaired) electrons. The van der Waals surface area contributed by atoms with Crippen LogP contribution in [-0.2, 0) is 0 Å². The first-order valence-corrected chi connectivity index (χ1v) is 8.78. The van der Waals surface area contributed by atoms with Crippen molar-refractivity contribution in [3.63, 3.8) is 0 Å². The zero-order valence-electron chi connectivity index (χ0n) is 15.2. The molecular formula is C22H20N4O. The van der Waals surface area contributed by atoms with Crippen LogP contribution in [0.1, 0.15) is 11.1 Å². The Kier molecular flexibility index (Phi) is 4.34. The van der Waals surface area contributed by atoms with Gasteiger partial charge < -0.3 is 15.0 Å². The van der Waals surface area contributed by atoms with Gasteiger partial charge in [-0.3, -0.25) is 0 Å². The van der Waals surface area contributed by atoms with Crippen molar-refractivity contribution in [2.75, 3.05) is 10.6 Å². The Balaban J connectivity index is 1.53. The summed E-state index contributed by atoms with van der Waals surface area (Å²) in [5.41, 5.74) is 6.41. The summed E-state index contributed by atoms with van der Waals surface area (Å²) in [5.74, 6) is 0. The van der Waals surface area contributed by atoms with Gasteiger partial charge in [-0.2, -0.15) is 0 Å². The van der Waals surface area contributed by atoms with Gasteiger partial charge in [-0.25, -0.2) is 9.78 Å².